The van der Waals surface area contributed by atoms with Crippen molar-refractivity contribution < 1.29 is 4.74 Å². The number of ether oxygens (including phenoxy) is 1. The third-order valence-corrected chi connectivity index (χ3v) is 2.64. The van der Waals surface area contributed by atoms with Crippen LogP contribution in [0.2, 0.25) is 0 Å². The maximum Gasteiger partial charge on any atom is 0.128 e. The highest BCUT2D eigenvalue weighted by Gasteiger charge is 2.22. The van der Waals surface area contributed by atoms with Gasteiger partial charge in [0.2, 0.25) is 0 Å². The molecule has 2 heterocycles. The normalized spacial score (nSPS) is 23.3. The largest absolute Gasteiger partial charge is 0.372 e. The summed E-state index contributed by atoms with van der Waals surface area (Å²) in [4.78, 5) is 6.70. The van der Waals surface area contributed by atoms with Gasteiger partial charge in [0.1, 0.15) is 5.82 Å². The molecule has 1 aromatic rings. The third kappa shape index (κ3) is 4.65. The zero-order chi connectivity index (χ0) is 13.5. The summed E-state index contributed by atoms with van der Waals surface area (Å²) < 4.78 is 5.70. The van der Waals surface area contributed by atoms with Crippen molar-refractivity contribution in [1.29, 1.82) is 0 Å². The summed E-state index contributed by atoms with van der Waals surface area (Å²) in [6, 6.07) is 4.15. The highest BCUT2D eigenvalue weighted by molar-refractivity contribution is 5.41. The molecule has 0 bridgehead atoms. The zero-order valence-electron chi connectivity index (χ0n) is 12.3. The fourth-order valence-electron chi connectivity index (χ4n) is 2.06. The van der Waals surface area contributed by atoms with Crippen LogP contribution in [0.3, 0.4) is 0 Å². The molecule has 1 aromatic heterocycles. The van der Waals surface area contributed by atoms with Gasteiger partial charge in [-0.15, -0.1) is 0 Å². The maximum absolute atomic E-state index is 5.70. The standard InChI is InChI=1S/C12H18N2O.C3H8/c1-9-4-5-13-12(6-9)14-7-10(2)15-11(3)8-14;1-3-2/h4-6,10-11H,7-8H2,1-3H3;3H2,1-2H3. The Morgan fingerprint density at radius 3 is 2.33 bits per heavy atom. The second-order valence-corrected chi connectivity index (χ2v) is 5.06. The predicted molar refractivity (Wildman–Crippen MR) is 77.2 cm³/mol. The van der Waals surface area contributed by atoms with E-state index >= 15 is 0 Å². The van der Waals surface area contributed by atoms with Gasteiger partial charge in [0.25, 0.3) is 0 Å². The highest BCUT2D eigenvalue weighted by atomic mass is 16.5. The molecule has 0 N–H and O–H groups in total. The minimum Gasteiger partial charge on any atom is -0.372 e. The number of nitrogens with zero attached hydrogens (tertiary/aromatic N) is 2. The quantitative estimate of drug-likeness (QED) is 0.763. The van der Waals surface area contributed by atoms with Gasteiger partial charge in [-0.3, -0.25) is 0 Å². The molecular weight excluding hydrogens is 224 g/mol. The molecule has 1 saturated heterocycles. The van der Waals surface area contributed by atoms with Gasteiger partial charge in [-0.2, -0.15) is 0 Å². The topological polar surface area (TPSA) is 25.4 Å². The minimum atomic E-state index is 0.288. The first-order valence-electron chi connectivity index (χ1n) is 6.89. The van der Waals surface area contributed by atoms with Crippen LogP contribution in [-0.2, 0) is 4.74 Å². The van der Waals surface area contributed by atoms with E-state index in [4.69, 9.17) is 4.74 Å². The minimum absolute atomic E-state index is 0.288. The van der Waals surface area contributed by atoms with E-state index in [0.717, 1.165) is 18.9 Å². The average molecular weight is 250 g/mol. The van der Waals surface area contributed by atoms with Crippen molar-refractivity contribution in [2.24, 2.45) is 0 Å². The van der Waals surface area contributed by atoms with Gasteiger partial charge in [0, 0.05) is 19.3 Å². The van der Waals surface area contributed by atoms with E-state index in [1.807, 2.05) is 12.3 Å². The van der Waals surface area contributed by atoms with Gasteiger partial charge >= 0.3 is 0 Å². The molecule has 0 amide bonds. The number of pyridine rings is 1. The Morgan fingerprint density at radius 2 is 1.83 bits per heavy atom. The molecule has 18 heavy (non-hydrogen) atoms. The molecule has 2 unspecified atom stereocenters. The fourth-order valence-corrected chi connectivity index (χ4v) is 2.06. The first-order chi connectivity index (χ1) is 8.56. The molecule has 2 atom stereocenters. The van der Waals surface area contributed by atoms with Crippen LogP contribution in [0.15, 0.2) is 18.3 Å². The Balaban J connectivity index is 0.000000492. The lowest BCUT2D eigenvalue weighted by atomic mass is 10.2. The van der Waals surface area contributed by atoms with Gasteiger partial charge in [-0.1, -0.05) is 20.3 Å². The summed E-state index contributed by atoms with van der Waals surface area (Å²) in [5.74, 6) is 1.07. The molecule has 0 radical (unpaired) electrons. The van der Waals surface area contributed by atoms with Crippen molar-refractivity contribution >= 4 is 5.82 Å². The molecule has 1 aliphatic heterocycles. The first kappa shape index (κ1) is 15.0. The summed E-state index contributed by atoms with van der Waals surface area (Å²) >= 11 is 0. The van der Waals surface area contributed by atoms with Crippen molar-refractivity contribution in [2.45, 2.75) is 53.2 Å². The first-order valence-corrected chi connectivity index (χ1v) is 6.89. The molecule has 0 saturated carbocycles. The van der Waals surface area contributed by atoms with Gasteiger partial charge < -0.3 is 9.64 Å². The second kappa shape index (κ2) is 7.37. The summed E-state index contributed by atoms with van der Waals surface area (Å²) in [6.07, 6.45) is 3.70. The fraction of sp³-hybridized carbons (Fsp3) is 0.667. The number of rotatable bonds is 1. The van der Waals surface area contributed by atoms with Crippen LogP contribution < -0.4 is 4.90 Å². The Morgan fingerprint density at radius 1 is 1.28 bits per heavy atom. The molecule has 1 aliphatic rings. The number of hydrogen-bond donors (Lipinski definition) is 0. The van der Waals surface area contributed by atoms with Gasteiger partial charge in [-0.05, 0) is 38.5 Å². The van der Waals surface area contributed by atoms with Crippen molar-refractivity contribution in [1.82, 2.24) is 4.98 Å². The maximum atomic E-state index is 5.70. The van der Waals surface area contributed by atoms with E-state index in [1.165, 1.54) is 12.0 Å². The summed E-state index contributed by atoms with van der Waals surface area (Å²) in [6.45, 7) is 12.4. The number of aromatic nitrogens is 1. The number of morpholine rings is 1. The van der Waals surface area contributed by atoms with E-state index in [9.17, 15) is 0 Å². The molecule has 3 heteroatoms. The zero-order valence-corrected chi connectivity index (χ0v) is 12.3. The smallest absolute Gasteiger partial charge is 0.128 e. The molecule has 102 valence electrons. The molecule has 0 spiro atoms. The average Bonchev–Trinajstić information content (AvgIpc) is 2.28. The van der Waals surface area contributed by atoms with E-state index in [-0.39, 0.29) is 12.2 Å². The summed E-state index contributed by atoms with van der Waals surface area (Å²) in [7, 11) is 0. The van der Waals surface area contributed by atoms with Crippen LogP contribution in [0, 0.1) is 6.92 Å². The van der Waals surface area contributed by atoms with Crippen LogP contribution >= 0.6 is 0 Å². The van der Waals surface area contributed by atoms with E-state index < -0.39 is 0 Å². The Labute approximate surface area is 111 Å². The second-order valence-electron chi connectivity index (χ2n) is 5.06. The highest BCUT2D eigenvalue weighted by Crippen LogP contribution is 2.18. The van der Waals surface area contributed by atoms with Crippen LogP contribution in [0.5, 0.6) is 0 Å². The van der Waals surface area contributed by atoms with Crippen molar-refractivity contribution in [3.05, 3.63) is 23.9 Å². The van der Waals surface area contributed by atoms with Crippen molar-refractivity contribution in [3.8, 4) is 0 Å². The number of anilines is 1. The van der Waals surface area contributed by atoms with Gasteiger partial charge in [-0.25, -0.2) is 4.98 Å². The van der Waals surface area contributed by atoms with E-state index in [1.54, 1.807) is 0 Å². The number of aryl methyl sites for hydroxylation is 1. The number of hydrogen-bond acceptors (Lipinski definition) is 3. The molecular formula is C15H26N2O. The van der Waals surface area contributed by atoms with E-state index in [2.05, 4.69) is 50.6 Å². The lowest BCUT2D eigenvalue weighted by Gasteiger charge is -2.36. The lowest BCUT2D eigenvalue weighted by molar-refractivity contribution is -0.00546. The monoisotopic (exact) mass is 250 g/mol. The predicted octanol–water partition coefficient (Wildman–Crippen LogP) is 3.42. The Bertz CT molecular complexity index is 344. The van der Waals surface area contributed by atoms with Gasteiger partial charge in [0.15, 0.2) is 0 Å². The van der Waals surface area contributed by atoms with E-state index in [0.29, 0.717) is 0 Å². The van der Waals surface area contributed by atoms with Crippen molar-refractivity contribution in [3.63, 3.8) is 0 Å². The molecule has 0 aromatic carbocycles. The van der Waals surface area contributed by atoms with Crippen LogP contribution in [-0.4, -0.2) is 30.3 Å². The SMILES string of the molecule is CCC.Cc1ccnc(N2CC(C)OC(C)C2)c1. The van der Waals surface area contributed by atoms with Crippen LogP contribution in [0.1, 0.15) is 39.7 Å². The molecule has 3 nitrogen and oxygen atoms in total. The Kier molecular flexibility index (Phi) is 6.13. The molecule has 2 rings (SSSR count). The third-order valence-electron chi connectivity index (χ3n) is 2.64. The summed E-state index contributed by atoms with van der Waals surface area (Å²) in [5, 5.41) is 0. The van der Waals surface area contributed by atoms with Crippen molar-refractivity contribution in [2.75, 3.05) is 18.0 Å². The van der Waals surface area contributed by atoms with Crippen LogP contribution in [0.4, 0.5) is 5.82 Å². The van der Waals surface area contributed by atoms with Gasteiger partial charge in [0.05, 0.1) is 12.2 Å². The lowest BCUT2D eigenvalue weighted by Crippen LogP contribution is -2.45. The van der Waals surface area contributed by atoms with Crippen LogP contribution in [0.25, 0.3) is 0 Å². The summed E-state index contributed by atoms with van der Waals surface area (Å²) in [5.41, 5.74) is 1.26. The molecule has 0 aliphatic carbocycles. The Hall–Kier alpha value is -1.09. The molecule has 1 fully saturated rings.